The summed E-state index contributed by atoms with van der Waals surface area (Å²) in [5.41, 5.74) is 2.37. The minimum absolute atomic E-state index is 0.0301. The minimum atomic E-state index is -0.0324. The van der Waals surface area contributed by atoms with E-state index in [-0.39, 0.29) is 10.8 Å². The number of aromatic hydroxyl groups is 1. The van der Waals surface area contributed by atoms with Crippen molar-refractivity contribution in [3.8, 4) is 5.75 Å². The van der Waals surface area contributed by atoms with Crippen LogP contribution in [0.3, 0.4) is 0 Å². The molecular formula is C22H38OS. The molecule has 0 aromatic heterocycles. The summed E-state index contributed by atoms with van der Waals surface area (Å²) in [5, 5.41) is 10.7. The van der Waals surface area contributed by atoms with E-state index < -0.39 is 0 Å². The van der Waals surface area contributed by atoms with Crippen LogP contribution in [-0.4, -0.2) is 5.11 Å². The molecule has 0 aliphatic rings. The first kappa shape index (κ1) is 21.4. The molecular weight excluding hydrogens is 312 g/mol. The Morgan fingerprint density at radius 1 is 0.792 bits per heavy atom. The Balaban J connectivity index is 3.27. The van der Waals surface area contributed by atoms with Crippen molar-refractivity contribution in [3.05, 3.63) is 23.3 Å². The molecule has 0 spiro atoms. The summed E-state index contributed by atoms with van der Waals surface area (Å²) < 4.78 is 0. The zero-order chi connectivity index (χ0) is 18.4. The van der Waals surface area contributed by atoms with E-state index in [0.717, 1.165) is 23.3 Å². The van der Waals surface area contributed by atoms with Crippen molar-refractivity contribution in [1.29, 1.82) is 0 Å². The van der Waals surface area contributed by atoms with Gasteiger partial charge in [0.1, 0.15) is 5.75 Å². The molecule has 0 aliphatic carbocycles. The summed E-state index contributed by atoms with van der Waals surface area (Å²) in [4.78, 5) is 1.02. The van der Waals surface area contributed by atoms with Crippen LogP contribution < -0.4 is 0 Å². The molecule has 0 saturated heterocycles. The van der Waals surface area contributed by atoms with Crippen LogP contribution >= 0.6 is 12.6 Å². The number of phenols is 1. The second-order valence-corrected chi connectivity index (χ2v) is 9.02. The molecule has 1 rings (SSSR count). The summed E-state index contributed by atoms with van der Waals surface area (Å²) in [6.45, 7) is 13.6. The Kier molecular flexibility index (Phi) is 8.19. The highest BCUT2D eigenvalue weighted by Crippen LogP contribution is 2.46. The van der Waals surface area contributed by atoms with Crippen LogP contribution in [0.5, 0.6) is 5.75 Å². The van der Waals surface area contributed by atoms with Crippen molar-refractivity contribution in [2.24, 2.45) is 0 Å². The van der Waals surface area contributed by atoms with Gasteiger partial charge < -0.3 is 5.11 Å². The zero-order valence-corrected chi connectivity index (χ0v) is 17.6. The molecule has 1 aromatic carbocycles. The molecule has 0 unspecified atom stereocenters. The van der Waals surface area contributed by atoms with Gasteiger partial charge in [-0.25, -0.2) is 0 Å². The second-order valence-electron chi connectivity index (χ2n) is 8.54. The van der Waals surface area contributed by atoms with Gasteiger partial charge in [-0.05, 0) is 41.4 Å². The van der Waals surface area contributed by atoms with E-state index in [9.17, 15) is 5.11 Å². The lowest BCUT2D eigenvalue weighted by molar-refractivity contribution is 0.378. The lowest BCUT2D eigenvalue weighted by Crippen LogP contribution is -2.27. The number of unbranched alkanes of at least 4 members (excludes halogenated alkanes) is 4. The third-order valence-electron chi connectivity index (χ3n) is 5.33. The van der Waals surface area contributed by atoms with Crippen molar-refractivity contribution in [1.82, 2.24) is 0 Å². The molecule has 0 bridgehead atoms. The Hall–Kier alpha value is -0.630. The van der Waals surface area contributed by atoms with Gasteiger partial charge in [0.25, 0.3) is 0 Å². The number of hydrogen-bond donors (Lipinski definition) is 2. The fourth-order valence-electron chi connectivity index (χ4n) is 3.83. The van der Waals surface area contributed by atoms with Crippen molar-refractivity contribution in [3.63, 3.8) is 0 Å². The predicted molar refractivity (Wildman–Crippen MR) is 110 cm³/mol. The monoisotopic (exact) mass is 350 g/mol. The first-order chi connectivity index (χ1) is 11.2. The summed E-state index contributed by atoms with van der Waals surface area (Å²) in [6, 6.07) is 3.78. The predicted octanol–water partition coefficient (Wildman–Crippen LogP) is 7.40. The summed E-state index contributed by atoms with van der Waals surface area (Å²) in [7, 11) is 0. The Bertz CT molecular complexity index is 470. The third kappa shape index (κ3) is 5.44. The molecule has 1 aromatic rings. The van der Waals surface area contributed by atoms with Gasteiger partial charge in [-0.1, -0.05) is 80.1 Å². The van der Waals surface area contributed by atoms with Crippen LogP contribution in [0.1, 0.15) is 104 Å². The fraction of sp³-hybridized carbons (Fsp3) is 0.727. The van der Waals surface area contributed by atoms with Crippen molar-refractivity contribution < 1.29 is 5.11 Å². The first-order valence-electron chi connectivity index (χ1n) is 9.73. The van der Waals surface area contributed by atoms with Crippen LogP contribution in [0.25, 0.3) is 0 Å². The lowest BCUT2D eigenvalue weighted by Gasteiger charge is -2.36. The Morgan fingerprint density at radius 2 is 1.25 bits per heavy atom. The van der Waals surface area contributed by atoms with Crippen molar-refractivity contribution in [2.45, 2.75) is 109 Å². The van der Waals surface area contributed by atoms with Gasteiger partial charge in [0.05, 0.1) is 0 Å². The van der Waals surface area contributed by atoms with E-state index >= 15 is 0 Å². The Labute approximate surface area is 155 Å². The van der Waals surface area contributed by atoms with Gasteiger partial charge >= 0.3 is 0 Å². The standard InChI is InChI=1S/C22H38OS/c1-7-9-11-15-21(3,4)19-17(23)13-14-18(24)20(19)22(5,6)16-12-10-8-2/h13-14,23-24H,7-12,15-16H2,1-6H3. The van der Waals surface area contributed by atoms with Gasteiger partial charge in [0.2, 0.25) is 0 Å². The maximum Gasteiger partial charge on any atom is 0.119 e. The van der Waals surface area contributed by atoms with Crippen molar-refractivity contribution in [2.75, 3.05) is 0 Å². The van der Waals surface area contributed by atoms with E-state index in [1.807, 2.05) is 12.1 Å². The van der Waals surface area contributed by atoms with E-state index in [1.165, 1.54) is 44.1 Å². The van der Waals surface area contributed by atoms with E-state index in [4.69, 9.17) is 12.6 Å². The highest BCUT2D eigenvalue weighted by atomic mass is 32.1. The van der Waals surface area contributed by atoms with Gasteiger partial charge in [0, 0.05) is 10.5 Å². The largest absolute Gasteiger partial charge is 0.508 e. The SMILES string of the molecule is CCCCCC(C)(C)c1c(O)ccc(S)c1C(C)(C)CCCCC. The quantitative estimate of drug-likeness (QED) is 0.333. The van der Waals surface area contributed by atoms with Crippen LogP contribution in [0.2, 0.25) is 0 Å². The maximum absolute atomic E-state index is 10.7. The Morgan fingerprint density at radius 3 is 1.71 bits per heavy atom. The van der Waals surface area contributed by atoms with E-state index in [1.54, 1.807) is 0 Å². The van der Waals surface area contributed by atoms with Crippen LogP contribution in [0.15, 0.2) is 17.0 Å². The molecule has 0 atom stereocenters. The number of hydrogen-bond acceptors (Lipinski definition) is 2. The molecule has 0 fully saturated rings. The molecule has 0 saturated carbocycles. The molecule has 0 aliphatic heterocycles. The van der Waals surface area contributed by atoms with Gasteiger partial charge in [-0.2, -0.15) is 0 Å². The van der Waals surface area contributed by atoms with E-state index in [0.29, 0.717) is 5.75 Å². The van der Waals surface area contributed by atoms with Gasteiger partial charge in [-0.3, -0.25) is 0 Å². The molecule has 1 nitrogen and oxygen atoms in total. The molecule has 0 amide bonds. The lowest BCUT2D eigenvalue weighted by atomic mass is 9.69. The minimum Gasteiger partial charge on any atom is -0.508 e. The summed E-state index contributed by atoms with van der Waals surface area (Å²) in [6.07, 6.45) is 9.64. The van der Waals surface area contributed by atoms with Crippen LogP contribution in [0.4, 0.5) is 0 Å². The first-order valence-corrected chi connectivity index (χ1v) is 10.2. The summed E-state index contributed by atoms with van der Waals surface area (Å²) in [5.74, 6) is 0.438. The number of rotatable bonds is 10. The molecule has 138 valence electrons. The smallest absolute Gasteiger partial charge is 0.119 e. The molecule has 24 heavy (non-hydrogen) atoms. The fourth-order valence-corrected chi connectivity index (χ4v) is 4.32. The maximum atomic E-state index is 10.7. The van der Waals surface area contributed by atoms with Crippen molar-refractivity contribution >= 4 is 12.6 Å². The number of benzene rings is 1. The van der Waals surface area contributed by atoms with Gasteiger partial charge in [0.15, 0.2) is 0 Å². The zero-order valence-electron chi connectivity index (χ0n) is 16.7. The molecule has 1 N–H and O–H groups in total. The molecule has 2 heteroatoms. The number of phenolic OH excluding ortho intramolecular Hbond substituents is 1. The molecule has 0 heterocycles. The summed E-state index contributed by atoms with van der Waals surface area (Å²) >= 11 is 4.78. The average Bonchev–Trinajstić information content (AvgIpc) is 2.49. The second kappa shape index (κ2) is 9.17. The highest BCUT2D eigenvalue weighted by Gasteiger charge is 2.34. The van der Waals surface area contributed by atoms with Crippen LogP contribution in [0, 0.1) is 0 Å². The highest BCUT2D eigenvalue weighted by molar-refractivity contribution is 7.80. The third-order valence-corrected chi connectivity index (χ3v) is 5.70. The molecule has 0 radical (unpaired) electrons. The average molecular weight is 351 g/mol. The number of thiol groups is 1. The van der Waals surface area contributed by atoms with Gasteiger partial charge in [-0.15, -0.1) is 12.6 Å². The topological polar surface area (TPSA) is 20.2 Å². The van der Waals surface area contributed by atoms with Crippen LogP contribution in [-0.2, 0) is 10.8 Å². The van der Waals surface area contributed by atoms with E-state index in [2.05, 4.69) is 41.5 Å². The normalized spacial score (nSPS) is 12.6.